The molecule has 5 nitrogen and oxygen atoms in total. The number of amides is 1. The predicted molar refractivity (Wildman–Crippen MR) is 92.7 cm³/mol. The van der Waals surface area contributed by atoms with Gasteiger partial charge in [-0.25, -0.2) is 0 Å². The zero-order chi connectivity index (χ0) is 17.5. The van der Waals surface area contributed by atoms with Crippen molar-refractivity contribution in [1.29, 1.82) is 0 Å². The Morgan fingerprint density at radius 3 is 2.33 bits per heavy atom. The Morgan fingerprint density at radius 1 is 0.958 bits per heavy atom. The first-order chi connectivity index (χ1) is 11.6. The summed E-state index contributed by atoms with van der Waals surface area (Å²) < 4.78 is 15.8. The molecule has 0 radical (unpaired) electrons. The van der Waals surface area contributed by atoms with Gasteiger partial charge in [0.1, 0.15) is 17.2 Å². The van der Waals surface area contributed by atoms with Crippen LogP contribution in [-0.2, 0) is 17.8 Å². The molecule has 2 aromatic rings. The van der Waals surface area contributed by atoms with E-state index in [1.54, 1.807) is 33.3 Å². The first-order valence-corrected chi connectivity index (χ1v) is 7.65. The van der Waals surface area contributed by atoms with Gasteiger partial charge in [0.05, 0.1) is 27.8 Å². The van der Waals surface area contributed by atoms with E-state index in [1.807, 2.05) is 42.5 Å². The molecule has 0 aliphatic rings. The molecule has 0 spiro atoms. The van der Waals surface area contributed by atoms with Crippen molar-refractivity contribution in [2.75, 3.05) is 28.4 Å². The van der Waals surface area contributed by atoms with Crippen LogP contribution in [-0.4, -0.2) is 39.2 Å². The third-order valence-electron chi connectivity index (χ3n) is 3.82. The van der Waals surface area contributed by atoms with Crippen LogP contribution in [0.2, 0.25) is 0 Å². The molecular weight excluding hydrogens is 306 g/mol. The molecule has 1 amide bonds. The van der Waals surface area contributed by atoms with Crippen molar-refractivity contribution in [3.8, 4) is 17.2 Å². The SMILES string of the molecule is COc1cccc(CC(=O)N(C)Cc2ccc(OC)cc2OC)c1. The number of hydrogen-bond donors (Lipinski definition) is 0. The highest BCUT2D eigenvalue weighted by molar-refractivity contribution is 5.78. The number of likely N-dealkylation sites (N-methyl/N-ethyl adjacent to an activating group) is 1. The molecule has 0 aliphatic carbocycles. The molecule has 0 fully saturated rings. The van der Waals surface area contributed by atoms with Crippen LogP contribution < -0.4 is 14.2 Å². The van der Waals surface area contributed by atoms with Gasteiger partial charge in [-0.15, -0.1) is 0 Å². The highest BCUT2D eigenvalue weighted by Crippen LogP contribution is 2.25. The van der Waals surface area contributed by atoms with Crippen LogP contribution in [0.5, 0.6) is 17.2 Å². The second-order valence-corrected chi connectivity index (χ2v) is 5.46. The summed E-state index contributed by atoms with van der Waals surface area (Å²) in [6.45, 7) is 0.468. The Labute approximate surface area is 142 Å². The van der Waals surface area contributed by atoms with E-state index in [2.05, 4.69) is 0 Å². The maximum absolute atomic E-state index is 12.5. The normalized spacial score (nSPS) is 10.2. The Balaban J connectivity index is 2.06. The zero-order valence-corrected chi connectivity index (χ0v) is 14.5. The molecule has 24 heavy (non-hydrogen) atoms. The van der Waals surface area contributed by atoms with Crippen LogP contribution in [0.4, 0.5) is 0 Å². The molecule has 0 heterocycles. The molecule has 0 unspecified atom stereocenters. The minimum atomic E-state index is 0.0288. The average molecular weight is 329 g/mol. The van der Waals surface area contributed by atoms with Crippen LogP contribution in [0, 0.1) is 0 Å². The smallest absolute Gasteiger partial charge is 0.227 e. The summed E-state index contributed by atoms with van der Waals surface area (Å²) in [7, 11) is 6.61. The average Bonchev–Trinajstić information content (AvgIpc) is 2.62. The highest BCUT2D eigenvalue weighted by Gasteiger charge is 2.13. The summed E-state index contributed by atoms with van der Waals surface area (Å²) in [5.41, 5.74) is 1.85. The highest BCUT2D eigenvalue weighted by atomic mass is 16.5. The molecule has 2 rings (SSSR count). The van der Waals surface area contributed by atoms with Gasteiger partial charge >= 0.3 is 0 Å². The van der Waals surface area contributed by atoms with Crippen LogP contribution in [0.1, 0.15) is 11.1 Å². The van der Waals surface area contributed by atoms with E-state index in [-0.39, 0.29) is 5.91 Å². The van der Waals surface area contributed by atoms with E-state index in [1.165, 1.54) is 0 Å². The second kappa shape index (κ2) is 8.24. The number of rotatable bonds is 7. The summed E-state index contributed by atoms with van der Waals surface area (Å²) >= 11 is 0. The van der Waals surface area contributed by atoms with Gasteiger partial charge in [-0.3, -0.25) is 4.79 Å². The molecule has 0 atom stereocenters. The molecular formula is C19H23NO4. The molecule has 0 bridgehead atoms. The molecule has 0 aromatic heterocycles. The van der Waals surface area contributed by atoms with Crippen molar-refractivity contribution < 1.29 is 19.0 Å². The van der Waals surface area contributed by atoms with Crippen LogP contribution in [0.3, 0.4) is 0 Å². The number of hydrogen-bond acceptors (Lipinski definition) is 4. The van der Waals surface area contributed by atoms with Gasteiger partial charge in [0, 0.05) is 25.2 Å². The summed E-state index contributed by atoms with van der Waals surface area (Å²) in [5.74, 6) is 2.21. The lowest BCUT2D eigenvalue weighted by Crippen LogP contribution is -2.27. The van der Waals surface area contributed by atoms with Crippen molar-refractivity contribution >= 4 is 5.91 Å². The monoisotopic (exact) mass is 329 g/mol. The lowest BCUT2D eigenvalue weighted by molar-refractivity contribution is -0.129. The van der Waals surface area contributed by atoms with Gasteiger partial charge in [0.25, 0.3) is 0 Å². The van der Waals surface area contributed by atoms with Crippen LogP contribution in [0.25, 0.3) is 0 Å². The van der Waals surface area contributed by atoms with E-state index >= 15 is 0 Å². The number of ether oxygens (including phenoxy) is 3. The summed E-state index contributed by atoms with van der Waals surface area (Å²) in [6, 6.07) is 13.1. The first kappa shape index (κ1) is 17.7. The lowest BCUT2D eigenvalue weighted by Gasteiger charge is -2.19. The van der Waals surface area contributed by atoms with Gasteiger partial charge in [-0.1, -0.05) is 12.1 Å². The number of benzene rings is 2. The maximum atomic E-state index is 12.5. The number of nitrogens with zero attached hydrogens (tertiary/aromatic N) is 1. The Bertz CT molecular complexity index is 700. The minimum absolute atomic E-state index is 0.0288. The second-order valence-electron chi connectivity index (χ2n) is 5.46. The fraction of sp³-hybridized carbons (Fsp3) is 0.316. The quantitative estimate of drug-likeness (QED) is 0.784. The molecule has 0 N–H and O–H groups in total. The van der Waals surface area contributed by atoms with E-state index < -0.39 is 0 Å². The predicted octanol–water partition coefficient (Wildman–Crippen LogP) is 2.91. The standard InChI is InChI=1S/C19H23NO4/c1-20(13-15-8-9-17(23-3)12-18(15)24-4)19(21)11-14-6-5-7-16(10-14)22-2/h5-10,12H,11,13H2,1-4H3. The Hall–Kier alpha value is -2.69. The van der Waals surface area contributed by atoms with Crippen LogP contribution in [0.15, 0.2) is 42.5 Å². The summed E-state index contributed by atoms with van der Waals surface area (Å²) in [6.07, 6.45) is 0.326. The van der Waals surface area contributed by atoms with Gasteiger partial charge in [-0.2, -0.15) is 0 Å². The van der Waals surface area contributed by atoms with Gasteiger partial charge in [0.15, 0.2) is 0 Å². The third kappa shape index (κ3) is 4.41. The van der Waals surface area contributed by atoms with Gasteiger partial charge < -0.3 is 19.1 Å². The van der Waals surface area contributed by atoms with E-state index in [0.717, 1.165) is 22.6 Å². The molecule has 0 aliphatic heterocycles. The van der Waals surface area contributed by atoms with Crippen molar-refractivity contribution in [1.82, 2.24) is 4.90 Å². The lowest BCUT2D eigenvalue weighted by atomic mass is 10.1. The van der Waals surface area contributed by atoms with Crippen molar-refractivity contribution in [2.45, 2.75) is 13.0 Å². The minimum Gasteiger partial charge on any atom is -0.497 e. The topological polar surface area (TPSA) is 48.0 Å². The number of carbonyl (C=O) groups excluding carboxylic acids is 1. The first-order valence-electron chi connectivity index (χ1n) is 7.65. The summed E-state index contributed by atoms with van der Waals surface area (Å²) in [5, 5.41) is 0. The largest absolute Gasteiger partial charge is 0.497 e. The zero-order valence-electron chi connectivity index (χ0n) is 14.5. The summed E-state index contributed by atoms with van der Waals surface area (Å²) in [4.78, 5) is 14.1. The van der Waals surface area contributed by atoms with Crippen LogP contribution >= 0.6 is 0 Å². The van der Waals surface area contributed by atoms with Gasteiger partial charge in [-0.05, 0) is 29.8 Å². The van der Waals surface area contributed by atoms with Crippen molar-refractivity contribution in [3.05, 3.63) is 53.6 Å². The fourth-order valence-corrected chi connectivity index (χ4v) is 2.42. The van der Waals surface area contributed by atoms with Crippen molar-refractivity contribution in [2.24, 2.45) is 0 Å². The van der Waals surface area contributed by atoms with Crippen molar-refractivity contribution in [3.63, 3.8) is 0 Å². The Morgan fingerprint density at radius 2 is 1.67 bits per heavy atom. The maximum Gasteiger partial charge on any atom is 0.227 e. The van der Waals surface area contributed by atoms with E-state index in [9.17, 15) is 4.79 Å². The molecule has 0 saturated heterocycles. The number of methoxy groups -OCH3 is 3. The molecule has 2 aromatic carbocycles. The fourth-order valence-electron chi connectivity index (χ4n) is 2.42. The molecule has 128 valence electrons. The third-order valence-corrected chi connectivity index (χ3v) is 3.82. The Kier molecular flexibility index (Phi) is 6.07. The molecule has 0 saturated carbocycles. The number of carbonyl (C=O) groups is 1. The molecule has 5 heteroatoms. The van der Waals surface area contributed by atoms with Gasteiger partial charge in [0.2, 0.25) is 5.91 Å². The van der Waals surface area contributed by atoms with E-state index in [0.29, 0.717) is 18.7 Å². The van der Waals surface area contributed by atoms with E-state index in [4.69, 9.17) is 14.2 Å².